The second-order valence-corrected chi connectivity index (χ2v) is 19.8. The molecule has 3 N–H and O–H groups in total. The fourth-order valence-corrected chi connectivity index (χ4v) is 11.4. The number of imidazole rings is 2. The molecule has 0 spiro atoms. The lowest BCUT2D eigenvalue weighted by atomic mass is 10.0. The van der Waals surface area contributed by atoms with Gasteiger partial charge in [0.1, 0.15) is 11.0 Å². The van der Waals surface area contributed by atoms with Gasteiger partial charge in [0.2, 0.25) is 0 Å². The van der Waals surface area contributed by atoms with Gasteiger partial charge in [-0.05, 0) is 36.1 Å². The summed E-state index contributed by atoms with van der Waals surface area (Å²) >= 11 is 9.88. The largest absolute Gasteiger partial charge is 0.380 e. The van der Waals surface area contributed by atoms with Gasteiger partial charge in [0, 0.05) is 37.2 Å². The van der Waals surface area contributed by atoms with E-state index in [0.29, 0.717) is 35.2 Å². The number of hydrogen-bond acceptors (Lipinski definition) is 10. The number of aromatic nitrogens is 4. The summed E-state index contributed by atoms with van der Waals surface area (Å²) in [6, 6.07) is 11.1. The molecule has 5 aliphatic rings. The molecule has 4 aromatic rings. The summed E-state index contributed by atoms with van der Waals surface area (Å²) in [4.78, 5) is 20.5. The number of nitrogens with zero attached hydrogens (tertiary/aromatic N) is 4. The van der Waals surface area contributed by atoms with Crippen molar-refractivity contribution in [2.75, 3.05) is 49.3 Å². The van der Waals surface area contributed by atoms with Gasteiger partial charge in [0.05, 0.1) is 60.5 Å². The van der Waals surface area contributed by atoms with Gasteiger partial charge in [-0.25, -0.2) is 18.7 Å². The van der Waals surface area contributed by atoms with Crippen molar-refractivity contribution in [1.82, 2.24) is 19.1 Å². The van der Waals surface area contributed by atoms with Gasteiger partial charge in [-0.1, -0.05) is 36.5 Å². The van der Waals surface area contributed by atoms with Crippen molar-refractivity contribution >= 4 is 70.6 Å². The van der Waals surface area contributed by atoms with Crippen molar-refractivity contribution in [3.63, 3.8) is 0 Å². The van der Waals surface area contributed by atoms with Crippen LogP contribution < -0.4 is 10.6 Å². The Bertz CT molecular complexity index is 1840. The van der Waals surface area contributed by atoms with E-state index in [1.807, 2.05) is 48.6 Å². The Morgan fingerprint density at radius 3 is 1.88 bits per heavy atom. The summed E-state index contributed by atoms with van der Waals surface area (Å²) in [6.45, 7) is -7.02. The molecule has 0 radical (unpaired) electrons. The molecular formula is C30H34F2N6O6P2S2. The zero-order chi connectivity index (χ0) is 33.2. The topological polar surface area (TPSA) is 134 Å². The fourth-order valence-electron chi connectivity index (χ4n) is 7.07. The zero-order valence-corrected chi connectivity index (χ0v) is 28.9. The number of anilines is 2. The average molecular weight is 739 g/mol. The van der Waals surface area contributed by atoms with E-state index in [-0.39, 0.29) is 25.5 Å². The second kappa shape index (κ2) is 12.7. The Kier molecular flexibility index (Phi) is 8.70. The predicted octanol–water partition coefficient (Wildman–Crippen LogP) is 5.65. The maximum Gasteiger partial charge on any atom is 0.255 e. The predicted molar refractivity (Wildman–Crippen MR) is 185 cm³/mol. The van der Waals surface area contributed by atoms with Gasteiger partial charge in [-0.15, -0.1) is 0 Å². The van der Waals surface area contributed by atoms with E-state index in [0.717, 1.165) is 11.4 Å². The minimum absolute atomic E-state index is 0.252. The van der Waals surface area contributed by atoms with Gasteiger partial charge < -0.3 is 43.2 Å². The van der Waals surface area contributed by atoms with E-state index in [9.17, 15) is 9.46 Å². The summed E-state index contributed by atoms with van der Waals surface area (Å²) in [5, 5.41) is 6.73. The highest BCUT2D eigenvalue weighted by Gasteiger charge is 2.52. The highest BCUT2D eigenvalue weighted by Crippen LogP contribution is 2.59. The molecular weight excluding hydrogens is 704 g/mol. The van der Waals surface area contributed by atoms with E-state index in [4.69, 9.17) is 30.3 Å². The lowest BCUT2D eigenvalue weighted by Crippen LogP contribution is -2.33. The molecule has 0 saturated carbocycles. The van der Waals surface area contributed by atoms with Gasteiger partial charge in [-0.3, -0.25) is 4.57 Å². The molecule has 3 saturated heterocycles. The highest BCUT2D eigenvalue weighted by molar-refractivity contribution is 8.46. The molecule has 256 valence electrons. The van der Waals surface area contributed by atoms with Crippen molar-refractivity contribution in [1.29, 1.82) is 0 Å². The lowest BCUT2D eigenvalue weighted by molar-refractivity contribution is -0.0357. The van der Waals surface area contributed by atoms with Crippen molar-refractivity contribution in [3.05, 3.63) is 61.2 Å². The average Bonchev–Trinajstić information content (AvgIpc) is 3.81. The molecule has 0 aliphatic carbocycles. The number of ether oxygens (including phenoxy) is 2. The van der Waals surface area contributed by atoms with Crippen LogP contribution in [0.15, 0.2) is 61.2 Å². The summed E-state index contributed by atoms with van der Waals surface area (Å²) in [7, 11) is 0. The number of thiol groups is 1. The number of halogens is 2. The van der Waals surface area contributed by atoms with E-state index < -0.39 is 61.9 Å². The number of rotatable bonds is 0. The normalized spacial score (nSPS) is 38.0. The summed E-state index contributed by atoms with van der Waals surface area (Å²) < 4.78 is 74.0. The fraction of sp³-hybridized carbons (Fsp3) is 0.467. The number of benzene rings is 2. The van der Waals surface area contributed by atoms with Gasteiger partial charge in [0.25, 0.3) is 6.57 Å². The monoisotopic (exact) mass is 738 g/mol. The van der Waals surface area contributed by atoms with Gasteiger partial charge >= 0.3 is 0 Å². The van der Waals surface area contributed by atoms with E-state index in [1.54, 1.807) is 9.13 Å². The van der Waals surface area contributed by atoms with Crippen LogP contribution in [0.1, 0.15) is 12.5 Å². The summed E-state index contributed by atoms with van der Waals surface area (Å²) in [5.74, 6) is -1.95. The Balaban J connectivity index is 1.21. The number of fused-ring (bicyclic) bond motifs is 10. The maximum atomic E-state index is 16.4. The smallest absolute Gasteiger partial charge is 0.255 e. The third-order valence-electron chi connectivity index (χ3n) is 9.45. The Morgan fingerprint density at radius 2 is 1.33 bits per heavy atom. The molecule has 2 aromatic carbocycles. The van der Waals surface area contributed by atoms with Crippen molar-refractivity contribution in [3.8, 4) is 0 Å². The molecule has 5 aliphatic heterocycles. The number of para-hydroxylation sites is 2. The van der Waals surface area contributed by atoms with Crippen LogP contribution >= 0.6 is 25.3 Å². The van der Waals surface area contributed by atoms with Crippen molar-refractivity contribution in [2.45, 2.75) is 37.0 Å². The van der Waals surface area contributed by atoms with Gasteiger partial charge in [-0.2, -0.15) is 0 Å². The Hall–Kier alpha value is -2.39. The first-order chi connectivity index (χ1) is 23.1. The molecule has 3 fully saturated rings. The van der Waals surface area contributed by atoms with Crippen LogP contribution in [0.2, 0.25) is 0 Å². The maximum absolute atomic E-state index is 16.4. The van der Waals surface area contributed by atoms with E-state index in [1.165, 1.54) is 12.7 Å². The first-order valence-electron chi connectivity index (χ1n) is 15.6. The molecule has 2 unspecified atom stereocenters. The van der Waals surface area contributed by atoms with Crippen LogP contribution in [0.4, 0.5) is 20.2 Å². The molecule has 48 heavy (non-hydrogen) atoms. The number of alkyl halides is 2. The SMILES string of the molecule is O=P1(S)C[C@H]2[C@@H](F)[C@H]3O[C@@H]2COP(O)(=S)C[C@H]2[C@@H](F)[C@@H](O[C@@H]2CO1)n1cnc2c(cccc21)NC/C=C/CNc1cccc2c1ncn23. The molecule has 0 amide bonds. The minimum Gasteiger partial charge on any atom is -0.380 e. The van der Waals surface area contributed by atoms with E-state index in [2.05, 4.69) is 32.9 Å². The third kappa shape index (κ3) is 6.03. The van der Waals surface area contributed by atoms with Crippen molar-refractivity contribution in [2.24, 2.45) is 11.8 Å². The quantitative estimate of drug-likeness (QED) is 0.101. The summed E-state index contributed by atoms with van der Waals surface area (Å²) in [5.41, 5.74) is 4.02. The number of hydrogen-bond donors (Lipinski definition) is 4. The lowest BCUT2D eigenvalue weighted by Gasteiger charge is -2.29. The van der Waals surface area contributed by atoms with Crippen LogP contribution in [0.25, 0.3) is 22.1 Å². The minimum atomic E-state index is -3.77. The van der Waals surface area contributed by atoms with Crippen LogP contribution in [0, 0.1) is 11.8 Å². The Morgan fingerprint density at radius 1 is 0.833 bits per heavy atom. The molecule has 18 heteroatoms. The molecule has 14 bridgehead atoms. The van der Waals surface area contributed by atoms with Crippen LogP contribution in [0.3, 0.4) is 0 Å². The zero-order valence-electron chi connectivity index (χ0n) is 25.4. The second-order valence-electron chi connectivity index (χ2n) is 12.5. The van der Waals surface area contributed by atoms with Crippen LogP contribution in [0.5, 0.6) is 0 Å². The standard InChI is InChI=1S/C30H34F2N6O6P2S2/c31-25-17-13-45(39,47)42-12-24-18-14-46(40,48)41-11-23(17)43-29(25)37-15-35-27-19(5-3-7-21(27)37)33-9-1-2-10-34-20-6-4-8-22-28(20)36-16-38(22)30(44-24)26(18)32/h1-8,15-18,23-26,29-30,33-34H,9-14H2,(H,39,47)(H,40,48)/b2-1+/t17-,18-,23-,24-,25-,26-,29-,30-,45?,46?/m1/s1. The molecule has 9 rings (SSSR count). The number of nitrogens with one attached hydrogen (secondary N) is 2. The first kappa shape index (κ1) is 32.8. The first-order valence-corrected chi connectivity index (χ1v) is 21.5. The van der Waals surface area contributed by atoms with Crippen LogP contribution in [-0.2, 0) is 34.9 Å². The third-order valence-corrected chi connectivity index (χ3v) is 13.9. The molecule has 12 nitrogen and oxygen atoms in total. The highest BCUT2D eigenvalue weighted by atomic mass is 32.7. The van der Waals surface area contributed by atoms with Crippen LogP contribution in [-0.4, -0.2) is 87.2 Å². The van der Waals surface area contributed by atoms with E-state index >= 15 is 8.78 Å². The molecule has 2 aromatic heterocycles. The summed E-state index contributed by atoms with van der Waals surface area (Å²) in [6.07, 6.45) is -1.08. The Labute approximate surface area is 285 Å². The van der Waals surface area contributed by atoms with Crippen molar-refractivity contribution < 1.29 is 36.8 Å². The van der Waals surface area contributed by atoms with Gasteiger partial charge in [0.15, 0.2) is 31.3 Å². The molecule has 10 atom stereocenters. The molecule has 7 heterocycles.